The van der Waals surface area contributed by atoms with Crippen LogP contribution in [0.5, 0.6) is 0 Å². The van der Waals surface area contributed by atoms with Crippen molar-refractivity contribution >= 4 is 6.09 Å². The maximum absolute atomic E-state index is 12.3. The molecule has 0 aromatic heterocycles. The van der Waals surface area contributed by atoms with Crippen LogP contribution < -0.4 is 0 Å². The van der Waals surface area contributed by atoms with Crippen LogP contribution in [0.2, 0.25) is 0 Å². The second-order valence-corrected chi connectivity index (χ2v) is 10.0. The zero-order chi connectivity index (χ0) is 20.9. The summed E-state index contributed by atoms with van der Waals surface area (Å²) in [5.41, 5.74) is 0.980. The molecule has 5 nitrogen and oxygen atoms in total. The third kappa shape index (κ3) is 7.31. The van der Waals surface area contributed by atoms with Gasteiger partial charge in [-0.05, 0) is 77.6 Å². The van der Waals surface area contributed by atoms with Gasteiger partial charge < -0.3 is 19.4 Å². The van der Waals surface area contributed by atoms with Crippen molar-refractivity contribution in [3.05, 3.63) is 35.9 Å². The number of hydrogen-bond donors (Lipinski definition) is 0. The van der Waals surface area contributed by atoms with Gasteiger partial charge in [0.1, 0.15) is 5.60 Å². The van der Waals surface area contributed by atoms with Crippen molar-refractivity contribution < 1.29 is 9.53 Å². The van der Waals surface area contributed by atoms with E-state index in [2.05, 4.69) is 47.2 Å². The van der Waals surface area contributed by atoms with Crippen molar-refractivity contribution in [1.82, 2.24) is 14.7 Å². The molecular weight excluding hydrogens is 362 g/mol. The molecule has 0 bridgehead atoms. The van der Waals surface area contributed by atoms with Crippen molar-refractivity contribution in [2.75, 3.05) is 46.3 Å². The number of nitrogens with zero attached hydrogens (tertiary/aromatic N) is 3. The van der Waals surface area contributed by atoms with E-state index < -0.39 is 5.60 Å². The lowest BCUT2D eigenvalue weighted by molar-refractivity contribution is 0.0283. The summed E-state index contributed by atoms with van der Waals surface area (Å²) >= 11 is 0. The van der Waals surface area contributed by atoms with Crippen LogP contribution in [0, 0.1) is 11.8 Å². The molecule has 2 saturated heterocycles. The molecule has 0 spiro atoms. The van der Waals surface area contributed by atoms with Crippen LogP contribution in [0.15, 0.2) is 30.3 Å². The number of likely N-dealkylation sites (tertiary alicyclic amines) is 2. The normalized spacial score (nSPS) is 21.7. The molecule has 1 amide bonds. The number of carbonyl (C=O) groups excluding carboxylic acids is 1. The highest BCUT2D eigenvalue weighted by atomic mass is 16.6. The molecule has 2 aliphatic rings. The molecule has 0 radical (unpaired) electrons. The number of hydrogen-bond acceptors (Lipinski definition) is 4. The van der Waals surface area contributed by atoms with Gasteiger partial charge in [0, 0.05) is 32.7 Å². The van der Waals surface area contributed by atoms with Crippen LogP contribution in [-0.4, -0.2) is 72.7 Å². The number of carbonyl (C=O) groups is 1. The summed E-state index contributed by atoms with van der Waals surface area (Å²) < 4.78 is 5.52. The zero-order valence-electron chi connectivity index (χ0n) is 18.8. The minimum absolute atomic E-state index is 0.153. The zero-order valence-corrected chi connectivity index (χ0v) is 18.8. The molecule has 2 heterocycles. The summed E-state index contributed by atoms with van der Waals surface area (Å²) in [6.45, 7) is 13.2. The van der Waals surface area contributed by atoms with Crippen molar-refractivity contribution in [1.29, 1.82) is 0 Å². The van der Waals surface area contributed by atoms with Gasteiger partial charge in [-0.1, -0.05) is 30.3 Å². The summed E-state index contributed by atoms with van der Waals surface area (Å²) in [4.78, 5) is 19.2. The molecular formula is C24H39N3O2. The van der Waals surface area contributed by atoms with Gasteiger partial charge >= 0.3 is 6.09 Å². The Hall–Kier alpha value is -1.59. The first-order chi connectivity index (χ1) is 13.8. The topological polar surface area (TPSA) is 36.0 Å². The first-order valence-electron chi connectivity index (χ1n) is 11.2. The molecule has 0 N–H and O–H groups in total. The third-order valence-corrected chi connectivity index (χ3v) is 6.03. The molecule has 2 aliphatic heterocycles. The van der Waals surface area contributed by atoms with Crippen LogP contribution in [0.4, 0.5) is 4.79 Å². The van der Waals surface area contributed by atoms with E-state index in [4.69, 9.17) is 4.74 Å². The van der Waals surface area contributed by atoms with Gasteiger partial charge in [-0.25, -0.2) is 4.79 Å². The van der Waals surface area contributed by atoms with Gasteiger partial charge in [-0.15, -0.1) is 0 Å². The van der Waals surface area contributed by atoms with Crippen molar-refractivity contribution in [3.8, 4) is 0 Å². The van der Waals surface area contributed by atoms with Gasteiger partial charge in [0.25, 0.3) is 0 Å². The first kappa shape index (κ1) is 22.1. The van der Waals surface area contributed by atoms with Crippen molar-refractivity contribution in [2.45, 2.75) is 52.2 Å². The SMILES string of the molecule is CN(Cc1ccccc1)CC1CCN(C[C@H]2CCN(C(=O)OC(C)(C)C)C2)CC1. The smallest absolute Gasteiger partial charge is 0.410 e. The second-order valence-electron chi connectivity index (χ2n) is 10.0. The molecule has 29 heavy (non-hydrogen) atoms. The number of ether oxygens (including phenoxy) is 1. The highest BCUT2D eigenvalue weighted by molar-refractivity contribution is 5.68. The molecule has 0 unspecified atom stereocenters. The van der Waals surface area contributed by atoms with Gasteiger partial charge in [0.05, 0.1) is 0 Å². The average Bonchev–Trinajstić information content (AvgIpc) is 3.11. The van der Waals surface area contributed by atoms with Gasteiger partial charge in [0.15, 0.2) is 0 Å². The second kappa shape index (κ2) is 9.94. The van der Waals surface area contributed by atoms with E-state index >= 15 is 0 Å². The molecule has 0 aliphatic carbocycles. The summed E-state index contributed by atoms with van der Waals surface area (Å²) in [6, 6.07) is 10.7. The average molecular weight is 402 g/mol. The molecule has 1 aromatic rings. The quantitative estimate of drug-likeness (QED) is 0.719. The van der Waals surface area contributed by atoms with Gasteiger partial charge in [0.2, 0.25) is 0 Å². The molecule has 2 fully saturated rings. The van der Waals surface area contributed by atoms with E-state index in [1.54, 1.807) is 0 Å². The predicted molar refractivity (Wildman–Crippen MR) is 118 cm³/mol. The van der Waals surface area contributed by atoms with E-state index in [1.165, 1.54) is 38.0 Å². The largest absolute Gasteiger partial charge is 0.444 e. The predicted octanol–water partition coefficient (Wildman–Crippen LogP) is 4.09. The highest BCUT2D eigenvalue weighted by Crippen LogP contribution is 2.24. The Morgan fingerprint density at radius 2 is 1.72 bits per heavy atom. The van der Waals surface area contributed by atoms with Gasteiger partial charge in [-0.3, -0.25) is 0 Å². The fourth-order valence-electron chi connectivity index (χ4n) is 4.59. The third-order valence-electron chi connectivity index (χ3n) is 6.03. The number of piperidine rings is 1. The number of rotatable bonds is 6. The van der Waals surface area contributed by atoms with Gasteiger partial charge in [-0.2, -0.15) is 0 Å². The van der Waals surface area contributed by atoms with E-state index in [-0.39, 0.29) is 6.09 Å². The first-order valence-corrected chi connectivity index (χ1v) is 11.2. The molecule has 5 heteroatoms. The van der Waals surface area contributed by atoms with Crippen molar-refractivity contribution in [3.63, 3.8) is 0 Å². The van der Waals surface area contributed by atoms with E-state index in [1.807, 2.05) is 25.7 Å². The van der Waals surface area contributed by atoms with Crippen LogP contribution >= 0.6 is 0 Å². The Kier molecular flexibility index (Phi) is 7.58. The summed E-state index contributed by atoms with van der Waals surface area (Å²) in [5.74, 6) is 1.38. The lowest BCUT2D eigenvalue weighted by atomic mass is 9.95. The number of benzene rings is 1. The molecule has 162 valence electrons. The molecule has 0 saturated carbocycles. The Morgan fingerprint density at radius 3 is 2.38 bits per heavy atom. The standard InChI is InChI=1S/C24H39N3O2/c1-24(2,3)29-23(28)27-15-12-22(19-27)18-26-13-10-21(11-14-26)17-25(4)16-20-8-6-5-7-9-20/h5-9,21-22H,10-19H2,1-4H3/t22-/m1/s1. The minimum Gasteiger partial charge on any atom is -0.444 e. The van der Waals surface area contributed by atoms with E-state index in [0.29, 0.717) is 5.92 Å². The fourth-order valence-corrected chi connectivity index (χ4v) is 4.59. The Bertz CT molecular complexity index is 635. The van der Waals surface area contributed by atoms with Crippen LogP contribution in [0.3, 0.4) is 0 Å². The highest BCUT2D eigenvalue weighted by Gasteiger charge is 2.31. The number of amides is 1. The van der Waals surface area contributed by atoms with Crippen LogP contribution in [0.25, 0.3) is 0 Å². The lowest BCUT2D eigenvalue weighted by Crippen LogP contribution is -2.41. The van der Waals surface area contributed by atoms with Crippen molar-refractivity contribution in [2.24, 2.45) is 11.8 Å². The maximum atomic E-state index is 12.3. The molecule has 3 rings (SSSR count). The maximum Gasteiger partial charge on any atom is 0.410 e. The Labute approximate surface area is 177 Å². The molecule has 1 aromatic carbocycles. The van der Waals surface area contributed by atoms with Crippen LogP contribution in [-0.2, 0) is 11.3 Å². The lowest BCUT2D eigenvalue weighted by Gasteiger charge is -2.35. The fraction of sp³-hybridized carbons (Fsp3) is 0.708. The summed E-state index contributed by atoms with van der Waals surface area (Å²) in [5, 5.41) is 0. The Morgan fingerprint density at radius 1 is 1.07 bits per heavy atom. The van der Waals surface area contributed by atoms with E-state index in [0.717, 1.165) is 38.5 Å². The minimum atomic E-state index is -0.412. The summed E-state index contributed by atoms with van der Waals surface area (Å²) in [6.07, 6.45) is 3.50. The van der Waals surface area contributed by atoms with Crippen LogP contribution in [0.1, 0.15) is 45.6 Å². The Balaban J connectivity index is 1.34. The molecule has 1 atom stereocenters. The summed E-state index contributed by atoms with van der Waals surface area (Å²) in [7, 11) is 2.24. The monoisotopic (exact) mass is 401 g/mol. The van der Waals surface area contributed by atoms with E-state index in [9.17, 15) is 4.79 Å².